The van der Waals surface area contributed by atoms with Crippen molar-refractivity contribution in [1.82, 2.24) is 0 Å². The van der Waals surface area contributed by atoms with E-state index in [9.17, 15) is 4.79 Å². The maximum atomic E-state index is 10.5. The Balaban J connectivity index is 2.81. The number of fused-ring (bicyclic) bond motifs is 1. The van der Waals surface area contributed by atoms with Crippen LogP contribution in [0.25, 0.3) is 11.0 Å². The van der Waals surface area contributed by atoms with Crippen molar-refractivity contribution >= 4 is 28.9 Å². The van der Waals surface area contributed by atoms with Crippen molar-refractivity contribution in [3.8, 4) is 0 Å². The summed E-state index contributed by atoms with van der Waals surface area (Å²) in [6, 6.07) is 5.13. The topological polar surface area (TPSA) is 30.2 Å². The summed E-state index contributed by atoms with van der Waals surface area (Å²) in [6.07, 6.45) is 2.30. The van der Waals surface area contributed by atoms with Gasteiger partial charge in [0.15, 0.2) is 6.29 Å². The third-order valence-corrected chi connectivity index (χ3v) is 2.03. The van der Waals surface area contributed by atoms with E-state index >= 15 is 0 Å². The first-order chi connectivity index (χ1) is 5.81. The molecule has 1 heterocycles. The minimum atomic E-state index is 0.424. The van der Waals surface area contributed by atoms with E-state index in [4.69, 9.17) is 16.0 Å². The van der Waals surface area contributed by atoms with Gasteiger partial charge in [-0.2, -0.15) is 0 Å². The number of furan rings is 1. The van der Waals surface area contributed by atoms with Crippen LogP contribution in [0.15, 0.2) is 28.9 Å². The second-order valence-corrected chi connectivity index (χ2v) is 2.86. The van der Waals surface area contributed by atoms with E-state index in [1.165, 1.54) is 0 Å². The molecular weight excluding hydrogens is 176 g/mol. The van der Waals surface area contributed by atoms with E-state index in [2.05, 4.69) is 0 Å². The fraction of sp³-hybridized carbons (Fsp3) is 0. The highest BCUT2D eigenvalue weighted by Gasteiger charge is 2.03. The van der Waals surface area contributed by atoms with Gasteiger partial charge < -0.3 is 4.42 Å². The van der Waals surface area contributed by atoms with Gasteiger partial charge in [-0.25, -0.2) is 0 Å². The summed E-state index contributed by atoms with van der Waals surface area (Å²) >= 11 is 5.77. The number of halogens is 1. The zero-order valence-electron chi connectivity index (χ0n) is 6.08. The van der Waals surface area contributed by atoms with Crippen molar-refractivity contribution in [2.75, 3.05) is 0 Å². The highest BCUT2D eigenvalue weighted by Crippen LogP contribution is 2.23. The molecule has 60 valence electrons. The molecule has 1 aromatic heterocycles. The Hall–Kier alpha value is -1.28. The van der Waals surface area contributed by atoms with Crippen LogP contribution in [0, 0.1) is 0 Å². The lowest BCUT2D eigenvalue weighted by atomic mass is 10.2. The van der Waals surface area contributed by atoms with Crippen LogP contribution in [0.2, 0.25) is 5.02 Å². The quantitative estimate of drug-likeness (QED) is 0.632. The summed E-state index contributed by atoms with van der Waals surface area (Å²) < 4.78 is 5.10. The molecular formula is C9H5ClO2. The smallest absolute Gasteiger partial charge is 0.151 e. The van der Waals surface area contributed by atoms with E-state index in [-0.39, 0.29) is 0 Å². The van der Waals surface area contributed by atoms with E-state index in [0.29, 0.717) is 16.2 Å². The molecule has 0 spiro atoms. The monoisotopic (exact) mass is 180 g/mol. The van der Waals surface area contributed by atoms with Gasteiger partial charge in [-0.15, -0.1) is 0 Å². The minimum Gasteiger partial charge on any atom is -0.464 e. The second-order valence-electron chi connectivity index (χ2n) is 2.45. The summed E-state index contributed by atoms with van der Waals surface area (Å²) in [5, 5.41) is 1.31. The number of benzene rings is 1. The number of rotatable bonds is 1. The third kappa shape index (κ3) is 1.01. The maximum absolute atomic E-state index is 10.5. The number of aldehydes is 1. The van der Waals surface area contributed by atoms with Crippen LogP contribution in [0.3, 0.4) is 0 Å². The summed E-state index contributed by atoms with van der Waals surface area (Å²) in [6.45, 7) is 0. The van der Waals surface area contributed by atoms with Crippen LogP contribution >= 0.6 is 11.6 Å². The molecule has 2 rings (SSSR count). The van der Waals surface area contributed by atoms with Crippen molar-refractivity contribution in [2.45, 2.75) is 0 Å². The average molecular weight is 181 g/mol. The molecule has 0 saturated heterocycles. The molecule has 0 saturated carbocycles. The van der Waals surface area contributed by atoms with E-state index in [1.807, 2.05) is 0 Å². The van der Waals surface area contributed by atoms with Crippen molar-refractivity contribution in [3.63, 3.8) is 0 Å². The lowest BCUT2D eigenvalue weighted by Crippen LogP contribution is -1.80. The third-order valence-electron chi connectivity index (χ3n) is 1.70. The molecule has 0 bridgehead atoms. The number of carbonyl (C=O) groups excluding carboxylic acids is 1. The Morgan fingerprint density at radius 3 is 3.00 bits per heavy atom. The predicted octanol–water partition coefficient (Wildman–Crippen LogP) is 2.90. The Morgan fingerprint density at radius 1 is 1.42 bits per heavy atom. The van der Waals surface area contributed by atoms with E-state index in [0.717, 1.165) is 11.7 Å². The molecule has 0 aliphatic carbocycles. The first kappa shape index (κ1) is 7.37. The molecule has 3 heteroatoms. The zero-order chi connectivity index (χ0) is 8.55. The summed E-state index contributed by atoms with van der Waals surface area (Å²) in [7, 11) is 0. The normalized spacial score (nSPS) is 10.4. The SMILES string of the molecule is O=Cc1cc2ccoc2cc1Cl. The number of hydrogen-bond donors (Lipinski definition) is 0. The molecule has 0 N–H and O–H groups in total. The first-order valence-electron chi connectivity index (χ1n) is 3.43. The molecule has 1 aromatic carbocycles. The van der Waals surface area contributed by atoms with Crippen molar-refractivity contribution < 1.29 is 9.21 Å². The fourth-order valence-corrected chi connectivity index (χ4v) is 1.29. The number of hydrogen-bond acceptors (Lipinski definition) is 2. The molecule has 0 aliphatic rings. The van der Waals surface area contributed by atoms with Gasteiger partial charge in [0, 0.05) is 17.0 Å². The Labute approximate surface area is 73.7 Å². The molecule has 0 amide bonds. The van der Waals surface area contributed by atoms with Gasteiger partial charge in [0.1, 0.15) is 5.58 Å². The summed E-state index contributed by atoms with van der Waals surface area (Å²) in [5.41, 5.74) is 1.19. The second kappa shape index (κ2) is 2.64. The fourth-order valence-electron chi connectivity index (χ4n) is 1.09. The summed E-state index contributed by atoms with van der Waals surface area (Å²) in [5.74, 6) is 0. The highest BCUT2D eigenvalue weighted by molar-refractivity contribution is 6.33. The molecule has 0 fully saturated rings. The minimum absolute atomic E-state index is 0.424. The standard InChI is InChI=1S/C9H5ClO2/c10-8-4-9-6(1-2-12-9)3-7(8)5-11/h1-5H. The van der Waals surface area contributed by atoms with Gasteiger partial charge in [0.05, 0.1) is 11.3 Å². The van der Waals surface area contributed by atoms with Crippen LogP contribution in [-0.2, 0) is 0 Å². The molecule has 2 aromatic rings. The molecule has 0 aliphatic heterocycles. The number of carbonyl (C=O) groups is 1. The van der Waals surface area contributed by atoms with Gasteiger partial charge in [-0.05, 0) is 12.1 Å². The zero-order valence-corrected chi connectivity index (χ0v) is 6.84. The lowest BCUT2D eigenvalue weighted by Gasteiger charge is -1.94. The van der Waals surface area contributed by atoms with Gasteiger partial charge in [-0.1, -0.05) is 11.6 Å². The van der Waals surface area contributed by atoms with Crippen LogP contribution in [-0.4, -0.2) is 6.29 Å². The van der Waals surface area contributed by atoms with Crippen molar-refractivity contribution in [1.29, 1.82) is 0 Å². The Kier molecular flexibility index (Phi) is 1.62. The molecule has 0 radical (unpaired) electrons. The van der Waals surface area contributed by atoms with Crippen molar-refractivity contribution in [2.24, 2.45) is 0 Å². The molecule has 0 atom stereocenters. The molecule has 12 heavy (non-hydrogen) atoms. The van der Waals surface area contributed by atoms with Gasteiger partial charge in [0.25, 0.3) is 0 Å². The maximum Gasteiger partial charge on any atom is 0.151 e. The van der Waals surface area contributed by atoms with E-state index in [1.54, 1.807) is 24.5 Å². The molecule has 2 nitrogen and oxygen atoms in total. The predicted molar refractivity (Wildman–Crippen MR) is 46.6 cm³/mol. The lowest BCUT2D eigenvalue weighted by molar-refractivity contribution is 0.112. The average Bonchev–Trinajstić information content (AvgIpc) is 2.49. The first-order valence-corrected chi connectivity index (χ1v) is 3.81. The largest absolute Gasteiger partial charge is 0.464 e. The Bertz CT molecular complexity index is 431. The van der Waals surface area contributed by atoms with Gasteiger partial charge in [0.2, 0.25) is 0 Å². The van der Waals surface area contributed by atoms with Crippen LogP contribution in [0.5, 0.6) is 0 Å². The van der Waals surface area contributed by atoms with Gasteiger partial charge in [-0.3, -0.25) is 4.79 Å². The highest BCUT2D eigenvalue weighted by atomic mass is 35.5. The molecule has 0 unspecified atom stereocenters. The van der Waals surface area contributed by atoms with Crippen LogP contribution < -0.4 is 0 Å². The van der Waals surface area contributed by atoms with E-state index < -0.39 is 0 Å². The van der Waals surface area contributed by atoms with Crippen LogP contribution in [0.1, 0.15) is 10.4 Å². The Morgan fingerprint density at radius 2 is 2.25 bits per heavy atom. The summed E-state index contributed by atoms with van der Waals surface area (Å²) in [4.78, 5) is 10.5. The van der Waals surface area contributed by atoms with Crippen molar-refractivity contribution in [3.05, 3.63) is 35.0 Å². The van der Waals surface area contributed by atoms with Gasteiger partial charge >= 0.3 is 0 Å². The van der Waals surface area contributed by atoms with Crippen LogP contribution in [0.4, 0.5) is 0 Å².